The number of nitrogens with zero attached hydrogens (tertiary/aromatic N) is 4. The Balaban J connectivity index is 1.18. The summed E-state index contributed by atoms with van der Waals surface area (Å²) in [4.78, 5) is 157. The van der Waals surface area contributed by atoms with E-state index in [1.807, 2.05) is 72.0 Å². The summed E-state index contributed by atoms with van der Waals surface area (Å²) < 4.78 is 0.963. The first-order valence-electron chi connectivity index (χ1n) is 29.1. The molecular weight excluding hydrogens is 1260 g/mol. The normalized spacial score (nSPS) is 17.9. The van der Waals surface area contributed by atoms with Crippen molar-refractivity contribution in [2.24, 2.45) is 11.8 Å². The molecule has 88 heavy (non-hydrogen) atoms. The van der Waals surface area contributed by atoms with Crippen molar-refractivity contribution in [1.82, 2.24) is 51.5 Å². The lowest BCUT2D eigenvalue weighted by Gasteiger charge is -2.33. The third-order valence-corrected chi connectivity index (χ3v) is 16.1. The number of rotatable bonds is 32. The summed E-state index contributed by atoms with van der Waals surface area (Å²) in [7, 11) is 0. The number of unbranched alkanes of at least 4 members (excludes halogenated alkanes) is 1. The second-order valence-electron chi connectivity index (χ2n) is 22.1. The number of hydrogen-bond donors (Lipinski definition) is 12. The maximum absolute atomic E-state index is 14.1. The molecule has 29 heteroatoms. The van der Waals surface area contributed by atoms with Gasteiger partial charge in [-0.3, -0.25) is 62.8 Å². The van der Waals surface area contributed by atoms with Crippen LogP contribution in [0.1, 0.15) is 68.9 Å². The minimum Gasteiger partial charge on any atom is -0.481 e. The summed E-state index contributed by atoms with van der Waals surface area (Å²) in [5.41, 5.74) is 1.55. The summed E-state index contributed by atoms with van der Waals surface area (Å²) in [6, 6.07) is 14.4. The highest BCUT2D eigenvalue weighted by Gasteiger charge is 2.33. The number of fused-ring (bicyclic) bond motifs is 1. The number of urea groups is 1. The van der Waals surface area contributed by atoms with E-state index in [2.05, 4.69) is 49.2 Å². The van der Waals surface area contributed by atoms with Gasteiger partial charge in [-0.2, -0.15) is 0 Å². The van der Waals surface area contributed by atoms with Gasteiger partial charge in [-0.1, -0.05) is 54.6 Å². The van der Waals surface area contributed by atoms with Crippen LogP contribution in [0.3, 0.4) is 0 Å². The van der Waals surface area contributed by atoms with Crippen LogP contribution in [0.5, 0.6) is 0 Å². The van der Waals surface area contributed by atoms with Crippen LogP contribution >= 0.6 is 22.6 Å². The van der Waals surface area contributed by atoms with E-state index in [1.54, 1.807) is 19.6 Å². The predicted octanol–water partition coefficient (Wildman–Crippen LogP) is 0.523. The van der Waals surface area contributed by atoms with Gasteiger partial charge in [0.25, 0.3) is 5.78 Å². The lowest BCUT2D eigenvalue weighted by Crippen LogP contribution is -2.53. The van der Waals surface area contributed by atoms with E-state index >= 15 is 0 Å². The lowest BCUT2D eigenvalue weighted by atomic mass is 9.81. The molecule has 1 aliphatic heterocycles. The van der Waals surface area contributed by atoms with Crippen LogP contribution in [-0.2, 0) is 65.6 Å². The molecule has 5 rings (SSSR count). The number of Topliss-reactive ketones (excluding diaryl/α,β-unsaturated/α-hetero) is 1. The first-order chi connectivity index (χ1) is 41.9. The minimum absolute atomic E-state index is 0.0347. The highest BCUT2D eigenvalue weighted by Crippen LogP contribution is 2.29. The Hall–Kier alpha value is -7.87. The Bertz CT molecular complexity index is 2900. The van der Waals surface area contributed by atoms with E-state index in [0.29, 0.717) is 25.7 Å². The molecule has 0 bridgehead atoms. The largest absolute Gasteiger partial charge is 0.481 e. The number of carboxylic acids is 6. The Labute approximate surface area is 521 Å². The van der Waals surface area contributed by atoms with Crippen molar-refractivity contribution in [3.8, 4) is 0 Å². The van der Waals surface area contributed by atoms with Gasteiger partial charge in [0.05, 0.1) is 26.2 Å². The fourth-order valence-electron chi connectivity index (χ4n) is 10.5. The fraction of sp³-hybridized carbons (Fsp3) is 0.525. The zero-order valence-electron chi connectivity index (χ0n) is 48.7. The molecule has 1 saturated carbocycles. The van der Waals surface area contributed by atoms with Gasteiger partial charge in [0.2, 0.25) is 23.6 Å². The fourth-order valence-corrected chi connectivity index (χ4v) is 10.9. The van der Waals surface area contributed by atoms with Gasteiger partial charge in [0, 0.05) is 94.2 Å². The van der Waals surface area contributed by atoms with Gasteiger partial charge in [-0.25, -0.2) is 14.4 Å². The van der Waals surface area contributed by atoms with E-state index in [1.165, 1.54) is 0 Å². The molecule has 0 aromatic heterocycles. The standard InChI is InChI=1S/C59H79IN10O18/c60-43-16-11-37(12-17-43)30-46(63-48(71)33-67-21-23-68(34-50(74)75)25-27-70(36-52(78)79)28-26-69(24-22-67)35-51(76)77)56(83)62-32-38-8-14-41(15-9-38)54(81)64-47(31-39-10-13-40-5-1-2-6-42(40)29-39)55(82)61-20-4-3-7-45(57(84)85)66-59(88)65-44(18-19-49(72)73)53(80)58(86)87/h1-2,5-6,10-13,16-17,29,38,41,44-47H,3-4,7-9,14-15,18-28,30-36H2,(H,61,82)(H,62,83)(H,63,71)(H,64,81)(H,72,73)(H,74,75)(H,76,77)(H,78,79)(H,84,85)(H,86,87)(H2,65,66,88)/t38?,41?,44-,45-,46-,47-/m0/s1. The van der Waals surface area contributed by atoms with Gasteiger partial charge in [-0.05, 0) is 114 Å². The average Bonchev–Trinajstić information content (AvgIpc) is 2.74. The summed E-state index contributed by atoms with van der Waals surface area (Å²) in [5, 5.41) is 74.5. The zero-order chi connectivity index (χ0) is 64.3. The number of nitrogens with one attached hydrogen (secondary N) is 6. The van der Waals surface area contributed by atoms with E-state index in [4.69, 9.17) is 10.2 Å². The second kappa shape index (κ2) is 36.4. The van der Waals surface area contributed by atoms with Crippen molar-refractivity contribution in [2.45, 2.75) is 94.8 Å². The van der Waals surface area contributed by atoms with Crippen LogP contribution in [0.4, 0.5) is 4.79 Å². The highest BCUT2D eigenvalue weighted by molar-refractivity contribution is 14.1. The molecule has 0 unspecified atom stereocenters. The summed E-state index contributed by atoms with van der Waals surface area (Å²) in [5.74, 6) is -11.7. The van der Waals surface area contributed by atoms with Crippen molar-refractivity contribution in [3.05, 3.63) is 81.4 Å². The summed E-state index contributed by atoms with van der Waals surface area (Å²) in [6.45, 7) is 0.730. The third kappa shape index (κ3) is 25.8. The molecule has 12 N–H and O–H groups in total. The molecule has 3 aromatic rings. The lowest BCUT2D eigenvalue weighted by molar-refractivity contribution is -0.150. The first-order valence-corrected chi connectivity index (χ1v) is 30.2. The number of hydrogen-bond acceptors (Lipinski definition) is 16. The zero-order valence-corrected chi connectivity index (χ0v) is 50.9. The molecule has 1 aliphatic carbocycles. The topological polar surface area (TPSA) is 411 Å². The van der Waals surface area contributed by atoms with E-state index in [0.717, 1.165) is 25.5 Å². The van der Waals surface area contributed by atoms with Gasteiger partial charge < -0.3 is 62.5 Å². The molecule has 3 aromatic carbocycles. The van der Waals surface area contributed by atoms with E-state index < -0.39 is 108 Å². The molecule has 2 aliphatic rings. The smallest absolute Gasteiger partial charge is 0.374 e. The number of carbonyl (C=O) groups excluding carboxylic acids is 6. The van der Waals surface area contributed by atoms with Crippen LogP contribution in [0.2, 0.25) is 0 Å². The Morgan fingerprint density at radius 2 is 1.00 bits per heavy atom. The number of aliphatic carboxylic acids is 6. The monoisotopic (exact) mass is 1340 g/mol. The van der Waals surface area contributed by atoms with Crippen molar-refractivity contribution in [3.63, 3.8) is 0 Å². The van der Waals surface area contributed by atoms with Crippen LogP contribution in [-0.4, -0.2) is 237 Å². The number of halogens is 1. The van der Waals surface area contributed by atoms with Crippen molar-refractivity contribution < 1.29 is 88.2 Å². The molecule has 0 spiro atoms. The Kier molecular flexibility index (Phi) is 29.4. The number of carbonyl (C=O) groups is 12. The van der Waals surface area contributed by atoms with Crippen LogP contribution in [0, 0.1) is 15.4 Å². The van der Waals surface area contributed by atoms with Crippen LogP contribution < -0.4 is 31.9 Å². The molecule has 480 valence electrons. The van der Waals surface area contributed by atoms with Crippen molar-refractivity contribution >= 4 is 105 Å². The van der Waals surface area contributed by atoms with E-state index in [-0.39, 0.29) is 136 Å². The first kappa shape index (κ1) is 70.9. The second-order valence-corrected chi connectivity index (χ2v) is 23.3. The molecule has 1 heterocycles. The number of benzene rings is 3. The molecule has 6 amide bonds. The minimum atomic E-state index is -1.91. The number of ketones is 1. The predicted molar refractivity (Wildman–Crippen MR) is 325 cm³/mol. The van der Waals surface area contributed by atoms with Gasteiger partial charge >= 0.3 is 41.8 Å². The Morgan fingerprint density at radius 3 is 1.53 bits per heavy atom. The number of amides is 6. The molecule has 0 radical (unpaired) electrons. The number of carboxylic acid groups (broad SMARTS) is 6. The molecule has 4 atom stereocenters. The molecule has 2 fully saturated rings. The Morgan fingerprint density at radius 1 is 0.500 bits per heavy atom. The van der Waals surface area contributed by atoms with E-state index in [9.17, 15) is 78.0 Å². The van der Waals surface area contributed by atoms with Gasteiger partial charge in [-0.15, -0.1) is 0 Å². The maximum atomic E-state index is 14.1. The van der Waals surface area contributed by atoms with Gasteiger partial charge in [0.1, 0.15) is 24.2 Å². The van der Waals surface area contributed by atoms with Crippen molar-refractivity contribution in [2.75, 3.05) is 91.6 Å². The molecular formula is C59H79IN10O18. The third-order valence-electron chi connectivity index (χ3n) is 15.3. The van der Waals surface area contributed by atoms with Crippen molar-refractivity contribution in [1.29, 1.82) is 0 Å². The van der Waals surface area contributed by atoms with Crippen LogP contribution in [0.25, 0.3) is 10.8 Å². The van der Waals surface area contributed by atoms with Crippen LogP contribution in [0.15, 0.2) is 66.7 Å². The SMILES string of the molecule is O=C(O)CC[C@H](NC(=O)N[C@@H](CCCCNC(=O)[C@H](Cc1ccc2ccccc2c1)NC(=O)C1CCC(CNC(=O)[C@H](Cc2ccc(I)cc2)NC(=O)CN2CCN(CC(=O)O)CCN(CC(=O)O)CCN(CC(=O)O)CC2)CC1)C(=O)O)C(=O)C(=O)O. The van der Waals surface area contributed by atoms with Gasteiger partial charge in [0.15, 0.2) is 0 Å². The summed E-state index contributed by atoms with van der Waals surface area (Å²) in [6.07, 6.45) is 1.34. The maximum Gasteiger partial charge on any atom is 0.374 e. The molecule has 1 saturated heterocycles. The quantitative estimate of drug-likeness (QED) is 0.0230. The molecule has 28 nitrogen and oxygen atoms in total. The summed E-state index contributed by atoms with van der Waals surface area (Å²) >= 11 is 2.16. The average molecular weight is 1340 g/mol. The highest BCUT2D eigenvalue weighted by atomic mass is 127.